The molecule has 0 aromatic rings. The topological polar surface area (TPSA) is 37.1 Å². The Morgan fingerprint density at radius 3 is 2.44 bits per heavy atom. The third-order valence-corrected chi connectivity index (χ3v) is 12.1. The van der Waals surface area contributed by atoms with Gasteiger partial charge in [0, 0.05) is 5.25 Å². The average Bonchev–Trinajstić information content (AvgIpc) is 2.64. The van der Waals surface area contributed by atoms with Crippen LogP contribution < -0.4 is 17.0 Å². The lowest BCUT2D eigenvalue weighted by Gasteiger charge is -2.21. The molecule has 0 saturated carbocycles. The second-order valence-corrected chi connectivity index (χ2v) is 11.0. The quantitative estimate of drug-likeness (QED) is 0.416. The highest BCUT2D eigenvalue weighted by Gasteiger charge is 2.62. The lowest BCUT2D eigenvalue weighted by molar-refractivity contribution is -0.515. The van der Waals surface area contributed by atoms with Crippen molar-refractivity contribution >= 4 is 53.7 Å². The fraction of sp³-hybridized carbons (Fsp3) is 0.900. The van der Waals surface area contributed by atoms with Crippen LogP contribution in [-0.2, 0) is 9.84 Å². The van der Waals surface area contributed by atoms with Gasteiger partial charge < -0.3 is 17.0 Å². The maximum absolute atomic E-state index is 11.9. The van der Waals surface area contributed by atoms with Crippen LogP contribution in [0, 0.1) is 0 Å². The molecular weight excluding hydrogens is 422 g/mol. The third-order valence-electron chi connectivity index (χ3n) is 3.36. The number of rotatable bonds is 2. The first-order valence-corrected chi connectivity index (χ1v) is 10.0. The molecule has 2 rings (SSSR count). The average molecular weight is 439 g/mol. The highest BCUT2D eigenvalue weighted by molar-refractivity contribution is 9.11. The maximum atomic E-state index is 11.9. The van der Waals surface area contributed by atoms with Crippen molar-refractivity contribution in [1.29, 1.82) is 0 Å². The van der Waals surface area contributed by atoms with E-state index >= 15 is 0 Å². The molecule has 8 heteroatoms. The lowest BCUT2D eigenvalue weighted by Crippen LogP contribution is -3.00. The standard InChI is InChI=1S/C10H17BrNO2S3.BrH/c1-4-12(5-2)9-15-7-6-17(13,14)8(11)10(7,3)16-9;/h7-8H,4-6H2,1-3H3;1H/q+1;/p-1/t7-,8?,10-;/m1./s1. The summed E-state index contributed by atoms with van der Waals surface area (Å²) < 4.78 is 26.8. The zero-order valence-corrected chi connectivity index (χ0v) is 16.1. The Hall–Kier alpha value is 1.28. The monoisotopic (exact) mass is 437 g/mol. The van der Waals surface area contributed by atoms with Crippen LogP contribution in [-0.4, -0.2) is 50.4 Å². The Morgan fingerprint density at radius 1 is 1.44 bits per heavy atom. The van der Waals surface area contributed by atoms with E-state index in [1.54, 1.807) is 23.5 Å². The molecule has 0 aliphatic carbocycles. The van der Waals surface area contributed by atoms with E-state index in [2.05, 4.69) is 41.3 Å². The van der Waals surface area contributed by atoms with Crippen LogP contribution in [0.3, 0.4) is 0 Å². The van der Waals surface area contributed by atoms with Crippen molar-refractivity contribution in [3.05, 3.63) is 0 Å². The summed E-state index contributed by atoms with van der Waals surface area (Å²) >= 11 is 6.86. The number of thioether (sulfide) groups is 2. The normalized spacial score (nSPS) is 37.2. The predicted octanol–water partition coefficient (Wildman–Crippen LogP) is -0.845. The van der Waals surface area contributed by atoms with Gasteiger partial charge >= 0.3 is 0 Å². The number of alkyl halides is 1. The van der Waals surface area contributed by atoms with Gasteiger partial charge in [0.05, 0.1) is 10.5 Å². The highest BCUT2D eigenvalue weighted by atomic mass is 79.9. The fourth-order valence-corrected chi connectivity index (χ4v) is 10.3. The number of nitrogens with zero attached hydrogens (tertiary/aromatic N) is 1. The van der Waals surface area contributed by atoms with Gasteiger partial charge in [0.15, 0.2) is 9.84 Å². The molecule has 3 nitrogen and oxygen atoms in total. The molecule has 1 unspecified atom stereocenters. The summed E-state index contributed by atoms with van der Waals surface area (Å²) in [5, 5.41) is 0.178. The summed E-state index contributed by atoms with van der Waals surface area (Å²) in [6, 6.07) is 0. The molecule has 0 amide bonds. The van der Waals surface area contributed by atoms with Crippen molar-refractivity contribution in [2.75, 3.05) is 18.8 Å². The van der Waals surface area contributed by atoms with Gasteiger partial charge in [0.1, 0.15) is 17.2 Å². The SMILES string of the molecule is CC[N+](CC)=C1S[C@@H]2CS(=O)(=O)C(Br)[C@]2(C)S1.[Br-]. The molecule has 2 aliphatic rings. The molecule has 2 saturated heterocycles. The molecule has 0 aromatic heterocycles. The first kappa shape index (κ1) is 17.3. The summed E-state index contributed by atoms with van der Waals surface area (Å²) in [4.78, 5) is 0. The Bertz CT molecular complexity index is 460. The molecule has 0 spiro atoms. The van der Waals surface area contributed by atoms with E-state index in [0.717, 1.165) is 13.1 Å². The van der Waals surface area contributed by atoms with Gasteiger partial charge in [-0.2, -0.15) is 0 Å². The number of fused-ring (bicyclic) bond motifs is 1. The summed E-state index contributed by atoms with van der Waals surface area (Å²) in [5.74, 6) is 0.294. The maximum Gasteiger partial charge on any atom is 0.270 e. The summed E-state index contributed by atoms with van der Waals surface area (Å²) in [7, 11) is -2.96. The van der Waals surface area contributed by atoms with Crippen molar-refractivity contribution in [3.63, 3.8) is 0 Å². The van der Waals surface area contributed by atoms with Crippen molar-refractivity contribution in [2.24, 2.45) is 0 Å². The zero-order chi connectivity index (χ0) is 12.8. The Morgan fingerprint density at radius 2 is 2.00 bits per heavy atom. The van der Waals surface area contributed by atoms with E-state index < -0.39 is 14.0 Å². The van der Waals surface area contributed by atoms with E-state index in [0.29, 0.717) is 5.75 Å². The van der Waals surface area contributed by atoms with Gasteiger partial charge in [0.25, 0.3) is 4.38 Å². The van der Waals surface area contributed by atoms with Gasteiger partial charge in [0.2, 0.25) is 0 Å². The molecule has 2 fully saturated rings. The molecular formula is C10H17Br2NO2S3. The number of hydrogen-bond donors (Lipinski definition) is 0. The van der Waals surface area contributed by atoms with Gasteiger partial charge in [-0.1, -0.05) is 15.9 Å². The summed E-state index contributed by atoms with van der Waals surface area (Å²) in [5.41, 5.74) is 0. The number of halogens is 2. The fourth-order valence-electron chi connectivity index (χ4n) is 2.18. The van der Waals surface area contributed by atoms with E-state index in [-0.39, 0.29) is 27.0 Å². The van der Waals surface area contributed by atoms with E-state index in [4.69, 9.17) is 0 Å². The van der Waals surface area contributed by atoms with E-state index in [9.17, 15) is 8.42 Å². The second kappa shape index (κ2) is 5.95. The van der Waals surface area contributed by atoms with Crippen LogP contribution in [0.1, 0.15) is 20.8 Å². The molecule has 2 heterocycles. The van der Waals surface area contributed by atoms with Gasteiger partial charge in [-0.3, -0.25) is 0 Å². The van der Waals surface area contributed by atoms with Crippen LogP contribution in [0.25, 0.3) is 0 Å². The van der Waals surface area contributed by atoms with Gasteiger partial charge in [-0.15, -0.1) is 0 Å². The van der Waals surface area contributed by atoms with E-state index in [1.807, 2.05) is 0 Å². The predicted molar refractivity (Wildman–Crippen MR) is 80.2 cm³/mol. The lowest BCUT2D eigenvalue weighted by atomic mass is 10.1. The van der Waals surface area contributed by atoms with Gasteiger partial charge in [-0.25, -0.2) is 13.0 Å². The van der Waals surface area contributed by atoms with Crippen molar-refractivity contribution in [1.82, 2.24) is 0 Å². The molecule has 18 heavy (non-hydrogen) atoms. The molecule has 0 aromatic carbocycles. The summed E-state index contributed by atoms with van der Waals surface area (Å²) in [6.45, 7) is 8.30. The van der Waals surface area contributed by atoms with Crippen LogP contribution in [0.5, 0.6) is 0 Å². The minimum absolute atomic E-state index is 0. The third kappa shape index (κ3) is 2.69. The Kier molecular flexibility index (Phi) is 5.73. The molecule has 0 radical (unpaired) electrons. The summed E-state index contributed by atoms with van der Waals surface area (Å²) in [6.07, 6.45) is 0. The van der Waals surface area contributed by atoms with Crippen LogP contribution >= 0.6 is 39.5 Å². The first-order valence-electron chi connectivity index (χ1n) is 5.68. The van der Waals surface area contributed by atoms with Crippen LogP contribution in [0.15, 0.2) is 0 Å². The minimum Gasteiger partial charge on any atom is -1.00 e. The Balaban J connectivity index is 0.00000162. The number of sulfone groups is 1. The molecule has 0 N–H and O–H groups in total. The van der Waals surface area contributed by atoms with Crippen molar-refractivity contribution < 1.29 is 30.0 Å². The molecule has 106 valence electrons. The van der Waals surface area contributed by atoms with Crippen molar-refractivity contribution in [2.45, 2.75) is 34.9 Å². The molecule has 3 atom stereocenters. The smallest absolute Gasteiger partial charge is 0.270 e. The molecule has 2 aliphatic heterocycles. The number of hydrogen-bond acceptors (Lipinski definition) is 4. The van der Waals surface area contributed by atoms with Crippen LogP contribution in [0.4, 0.5) is 0 Å². The molecule has 0 bridgehead atoms. The first-order chi connectivity index (χ1) is 7.85. The van der Waals surface area contributed by atoms with Crippen molar-refractivity contribution in [3.8, 4) is 0 Å². The zero-order valence-electron chi connectivity index (χ0n) is 10.5. The largest absolute Gasteiger partial charge is 1.00 e. The Labute approximate surface area is 136 Å². The highest BCUT2D eigenvalue weighted by Crippen LogP contribution is 2.57. The second-order valence-electron chi connectivity index (χ2n) is 4.48. The van der Waals surface area contributed by atoms with Crippen LogP contribution in [0.2, 0.25) is 0 Å². The van der Waals surface area contributed by atoms with E-state index in [1.165, 1.54) is 4.38 Å². The minimum atomic E-state index is -2.96. The van der Waals surface area contributed by atoms with Gasteiger partial charge in [-0.05, 0) is 44.3 Å².